The number of amides is 1. The topological polar surface area (TPSA) is 83.1 Å². The summed E-state index contributed by atoms with van der Waals surface area (Å²) in [4.78, 5) is 23.7. The Morgan fingerprint density at radius 2 is 1.82 bits per heavy atom. The highest BCUT2D eigenvalue weighted by Crippen LogP contribution is 2.32. The van der Waals surface area contributed by atoms with Gasteiger partial charge >= 0.3 is 5.97 Å². The molecule has 0 atom stereocenters. The zero-order valence-corrected chi connectivity index (χ0v) is 15.4. The number of esters is 1. The molecule has 2 aromatic carbocycles. The lowest BCUT2D eigenvalue weighted by atomic mass is 10.1. The van der Waals surface area contributed by atoms with Crippen LogP contribution in [0.25, 0.3) is 0 Å². The van der Waals surface area contributed by atoms with E-state index < -0.39 is 5.97 Å². The molecule has 1 aliphatic carbocycles. The van der Waals surface area contributed by atoms with Crippen LogP contribution in [0.15, 0.2) is 36.4 Å². The van der Waals surface area contributed by atoms with Crippen molar-refractivity contribution in [1.29, 1.82) is 0 Å². The number of hydrogen-bond acceptors (Lipinski definition) is 6. The van der Waals surface area contributed by atoms with Crippen LogP contribution in [0.2, 0.25) is 0 Å². The monoisotopic (exact) mass is 383 g/mol. The Hall–Kier alpha value is -3.22. The third-order valence-electron chi connectivity index (χ3n) is 4.72. The molecule has 1 aliphatic heterocycles. The predicted octanol–water partition coefficient (Wildman–Crippen LogP) is 2.14. The van der Waals surface area contributed by atoms with Crippen molar-refractivity contribution in [2.45, 2.75) is 25.8 Å². The molecule has 7 heteroatoms. The lowest BCUT2D eigenvalue weighted by molar-refractivity contribution is -0.150. The number of ether oxygens (including phenoxy) is 4. The molecule has 1 heterocycles. The fourth-order valence-corrected chi connectivity index (χ4v) is 3.27. The first-order chi connectivity index (χ1) is 13.7. The van der Waals surface area contributed by atoms with Gasteiger partial charge in [-0.25, -0.2) is 4.79 Å². The first-order valence-electron chi connectivity index (χ1n) is 9.23. The van der Waals surface area contributed by atoms with E-state index in [-0.39, 0.29) is 25.9 Å². The summed E-state index contributed by atoms with van der Waals surface area (Å²) in [6.07, 6.45) is 3.29. The quantitative estimate of drug-likeness (QED) is 0.738. The fraction of sp³-hybridized carbons (Fsp3) is 0.333. The van der Waals surface area contributed by atoms with Gasteiger partial charge in [0.1, 0.15) is 5.75 Å². The SMILES string of the molecule is O=C(COC(=O)COc1ccc2c(c1)CCC2)NCc1ccc2c(c1)OCO2. The molecule has 0 saturated heterocycles. The second-order valence-electron chi connectivity index (χ2n) is 6.70. The van der Waals surface area contributed by atoms with Crippen LogP contribution in [0.4, 0.5) is 0 Å². The molecular formula is C21H21NO6. The Labute approximate surface area is 162 Å². The van der Waals surface area contributed by atoms with Crippen LogP contribution >= 0.6 is 0 Å². The Morgan fingerprint density at radius 1 is 0.964 bits per heavy atom. The Balaban J connectivity index is 1.17. The molecule has 146 valence electrons. The maximum absolute atomic E-state index is 11.9. The first-order valence-corrected chi connectivity index (χ1v) is 9.23. The average molecular weight is 383 g/mol. The zero-order chi connectivity index (χ0) is 19.3. The van der Waals surface area contributed by atoms with Gasteiger partial charge in [-0.15, -0.1) is 0 Å². The maximum atomic E-state index is 11.9. The molecular weight excluding hydrogens is 362 g/mol. The minimum atomic E-state index is -0.585. The predicted molar refractivity (Wildman–Crippen MR) is 99.3 cm³/mol. The molecule has 28 heavy (non-hydrogen) atoms. The molecule has 0 fully saturated rings. The van der Waals surface area contributed by atoms with Crippen LogP contribution < -0.4 is 19.5 Å². The molecule has 1 N–H and O–H groups in total. The molecule has 2 aliphatic rings. The minimum absolute atomic E-state index is 0.203. The summed E-state index contributed by atoms with van der Waals surface area (Å²) in [5.74, 6) is 1.02. The van der Waals surface area contributed by atoms with E-state index in [2.05, 4.69) is 5.32 Å². The number of nitrogens with one attached hydrogen (secondary N) is 1. The van der Waals surface area contributed by atoms with E-state index in [4.69, 9.17) is 18.9 Å². The van der Waals surface area contributed by atoms with Crippen molar-refractivity contribution in [2.75, 3.05) is 20.0 Å². The van der Waals surface area contributed by atoms with Crippen molar-refractivity contribution in [3.05, 3.63) is 53.1 Å². The van der Waals surface area contributed by atoms with E-state index in [1.807, 2.05) is 24.3 Å². The summed E-state index contributed by atoms with van der Waals surface area (Å²) in [6.45, 7) is -0.0710. The summed E-state index contributed by atoms with van der Waals surface area (Å²) in [5, 5.41) is 2.69. The molecule has 0 bridgehead atoms. The van der Waals surface area contributed by atoms with Crippen LogP contribution in [-0.2, 0) is 33.7 Å². The lowest BCUT2D eigenvalue weighted by Crippen LogP contribution is -2.29. The molecule has 0 saturated carbocycles. The second kappa shape index (κ2) is 8.21. The number of carbonyl (C=O) groups excluding carboxylic acids is 2. The van der Waals surface area contributed by atoms with Crippen molar-refractivity contribution in [3.8, 4) is 17.2 Å². The van der Waals surface area contributed by atoms with Gasteiger partial charge in [0.05, 0.1) is 0 Å². The van der Waals surface area contributed by atoms with Gasteiger partial charge in [-0.05, 0) is 60.2 Å². The summed E-state index contributed by atoms with van der Waals surface area (Å²) >= 11 is 0. The Morgan fingerprint density at radius 3 is 2.75 bits per heavy atom. The van der Waals surface area contributed by atoms with Crippen LogP contribution in [0.5, 0.6) is 17.2 Å². The van der Waals surface area contributed by atoms with E-state index in [0.29, 0.717) is 23.8 Å². The highest BCUT2D eigenvalue weighted by atomic mass is 16.7. The van der Waals surface area contributed by atoms with Gasteiger partial charge in [-0.2, -0.15) is 0 Å². The van der Waals surface area contributed by atoms with Crippen LogP contribution in [-0.4, -0.2) is 31.9 Å². The molecule has 0 spiro atoms. The van der Waals surface area contributed by atoms with Crippen molar-refractivity contribution in [1.82, 2.24) is 5.32 Å². The molecule has 0 radical (unpaired) electrons. The van der Waals surface area contributed by atoms with Gasteiger partial charge in [0.25, 0.3) is 5.91 Å². The number of carbonyl (C=O) groups is 2. The summed E-state index contributed by atoms with van der Waals surface area (Å²) in [6, 6.07) is 11.3. The molecule has 7 nitrogen and oxygen atoms in total. The number of rotatable bonds is 7. The first kappa shape index (κ1) is 18.2. The number of hydrogen-bond donors (Lipinski definition) is 1. The number of fused-ring (bicyclic) bond motifs is 2. The average Bonchev–Trinajstić information content (AvgIpc) is 3.37. The van der Waals surface area contributed by atoms with E-state index in [0.717, 1.165) is 24.8 Å². The van der Waals surface area contributed by atoms with Gasteiger partial charge in [-0.1, -0.05) is 12.1 Å². The van der Waals surface area contributed by atoms with Crippen LogP contribution in [0.1, 0.15) is 23.1 Å². The van der Waals surface area contributed by atoms with E-state index in [9.17, 15) is 9.59 Å². The van der Waals surface area contributed by atoms with Crippen molar-refractivity contribution < 1.29 is 28.5 Å². The van der Waals surface area contributed by atoms with Crippen LogP contribution in [0, 0.1) is 0 Å². The van der Waals surface area contributed by atoms with E-state index in [1.54, 1.807) is 12.1 Å². The maximum Gasteiger partial charge on any atom is 0.344 e. The molecule has 0 aromatic heterocycles. The van der Waals surface area contributed by atoms with Gasteiger partial charge in [0.15, 0.2) is 24.7 Å². The van der Waals surface area contributed by atoms with Crippen molar-refractivity contribution in [2.24, 2.45) is 0 Å². The van der Waals surface area contributed by atoms with Crippen LogP contribution in [0.3, 0.4) is 0 Å². The molecule has 0 unspecified atom stereocenters. The highest BCUT2D eigenvalue weighted by molar-refractivity contribution is 5.80. The number of benzene rings is 2. The van der Waals surface area contributed by atoms with Crippen molar-refractivity contribution in [3.63, 3.8) is 0 Å². The van der Waals surface area contributed by atoms with Gasteiger partial charge in [-0.3, -0.25) is 4.79 Å². The summed E-state index contributed by atoms with van der Waals surface area (Å²) < 4.78 is 21.0. The summed E-state index contributed by atoms with van der Waals surface area (Å²) in [7, 11) is 0. The van der Waals surface area contributed by atoms with E-state index in [1.165, 1.54) is 11.1 Å². The minimum Gasteiger partial charge on any atom is -0.482 e. The van der Waals surface area contributed by atoms with E-state index >= 15 is 0 Å². The largest absolute Gasteiger partial charge is 0.482 e. The highest BCUT2D eigenvalue weighted by Gasteiger charge is 2.15. The van der Waals surface area contributed by atoms with Crippen molar-refractivity contribution >= 4 is 11.9 Å². The van der Waals surface area contributed by atoms with Gasteiger partial charge < -0.3 is 24.3 Å². The smallest absolute Gasteiger partial charge is 0.344 e. The Kier molecular flexibility index (Phi) is 5.32. The van der Waals surface area contributed by atoms with Gasteiger partial charge in [0, 0.05) is 6.54 Å². The summed E-state index contributed by atoms with van der Waals surface area (Å²) in [5.41, 5.74) is 3.48. The zero-order valence-electron chi connectivity index (χ0n) is 15.4. The molecule has 1 amide bonds. The molecule has 4 rings (SSSR count). The normalized spacial score (nSPS) is 13.7. The molecule has 2 aromatic rings. The van der Waals surface area contributed by atoms with Gasteiger partial charge in [0.2, 0.25) is 6.79 Å². The number of aryl methyl sites for hydroxylation is 2. The standard InChI is InChI=1S/C21H21NO6/c23-20(22-10-14-4-7-18-19(8-14)28-13-27-18)11-26-21(24)12-25-17-6-5-15-2-1-3-16(15)9-17/h4-9H,1-3,10-13H2,(H,22,23). The third-order valence-corrected chi connectivity index (χ3v) is 4.72. The Bertz CT molecular complexity index is 821. The fourth-order valence-electron chi connectivity index (χ4n) is 3.27. The second-order valence-corrected chi connectivity index (χ2v) is 6.70. The lowest BCUT2D eigenvalue weighted by Gasteiger charge is -2.09. The third kappa shape index (κ3) is 4.36.